The third-order valence-electron chi connectivity index (χ3n) is 7.08. The highest BCUT2D eigenvalue weighted by molar-refractivity contribution is 6.30. The van der Waals surface area contributed by atoms with Crippen molar-refractivity contribution in [2.45, 2.75) is 27.4 Å². The van der Waals surface area contributed by atoms with E-state index in [1.54, 1.807) is 0 Å². The average molecular weight is 376 g/mol. The van der Waals surface area contributed by atoms with E-state index in [-0.39, 0.29) is 0 Å². The molecule has 0 spiro atoms. The summed E-state index contributed by atoms with van der Waals surface area (Å²) in [4.78, 5) is 0. The molecular weight excluding hydrogens is 354 g/mol. The van der Waals surface area contributed by atoms with Crippen LogP contribution in [0.2, 0.25) is 0 Å². The lowest BCUT2D eigenvalue weighted by atomic mass is 9.97. The van der Waals surface area contributed by atoms with Gasteiger partial charge >= 0.3 is 0 Å². The molecule has 0 unspecified atom stereocenters. The summed E-state index contributed by atoms with van der Waals surface area (Å²) in [6, 6.07) is 16.2. The number of pyridine rings is 1. The Hall–Kier alpha value is -3.33. The Bertz CT molecular complexity index is 1710. The van der Waals surface area contributed by atoms with Gasteiger partial charge in [-0.05, 0) is 61.5 Å². The number of hydrogen-bond donors (Lipinski definition) is 0. The minimum Gasteiger partial charge on any atom is -0.338 e. The van der Waals surface area contributed by atoms with Gasteiger partial charge in [0, 0.05) is 29.3 Å². The Labute approximate surface area is 168 Å². The van der Waals surface area contributed by atoms with Crippen LogP contribution in [0.3, 0.4) is 0 Å². The van der Waals surface area contributed by atoms with E-state index in [1.807, 2.05) is 0 Å². The van der Waals surface area contributed by atoms with Crippen molar-refractivity contribution in [3.8, 4) is 0 Å². The monoisotopic (exact) mass is 376 g/mol. The van der Waals surface area contributed by atoms with Crippen molar-refractivity contribution in [1.82, 2.24) is 9.13 Å². The summed E-state index contributed by atoms with van der Waals surface area (Å²) in [7, 11) is 2.21. The van der Waals surface area contributed by atoms with E-state index in [1.165, 1.54) is 71.2 Å². The number of benzene rings is 3. The van der Waals surface area contributed by atoms with Crippen LogP contribution in [-0.2, 0) is 13.7 Å². The van der Waals surface area contributed by atoms with Crippen molar-refractivity contribution < 1.29 is 4.57 Å². The van der Waals surface area contributed by atoms with Gasteiger partial charge in [-0.2, -0.15) is 4.57 Å². The Balaban J connectivity index is 1.93. The van der Waals surface area contributed by atoms with Crippen LogP contribution >= 0.6 is 0 Å². The molecule has 0 saturated heterocycles. The highest BCUT2D eigenvalue weighted by Crippen LogP contribution is 2.43. The second-order valence-electron chi connectivity index (χ2n) is 8.79. The van der Waals surface area contributed by atoms with Gasteiger partial charge in [-0.25, -0.2) is 0 Å². The molecule has 0 atom stereocenters. The van der Waals surface area contributed by atoms with E-state index in [9.17, 15) is 0 Å². The lowest BCUT2D eigenvalue weighted by molar-refractivity contribution is -0.674. The fourth-order valence-corrected chi connectivity index (χ4v) is 5.79. The molecule has 0 saturated carbocycles. The summed E-state index contributed by atoms with van der Waals surface area (Å²) in [6.07, 6.45) is 2.26. The fourth-order valence-electron chi connectivity index (χ4n) is 5.79. The number of nitrogens with zero attached hydrogens (tertiary/aromatic N) is 3. The standard InChI is InChI=1S/C26H22N3/c1-14-5-7-20-18(11-14)19-12-16(3)17-6-8-21-23-22(17)25(19)29(20)13-28-10-9-15(2)24(26(23)28)27(21)4/h5-12H,13H2,1-4H3/q+1. The van der Waals surface area contributed by atoms with E-state index < -0.39 is 0 Å². The first-order valence-electron chi connectivity index (χ1n) is 10.3. The Morgan fingerprint density at radius 3 is 2.45 bits per heavy atom. The van der Waals surface area contributed by atoms with Crippen molar-refractivity contribution in [1.29, 1.82) is 0 Å². The zero-order chi connectivity index (χ0) is 19.6. The Morgan fingerprint density at radius 1 is 0.759 bits per heavy atom. The van der Waals surface area contributed by atoms with E-state index in [0.29, 0.717) is 0 Å². The third kappa shape index (κ3) is 1.65. The van der Waals surface area contributed by atoms with Gasteiger partial charge in [0.2, 0.25) is 12.2 Å². The molecule has 1 aliphatic heterocycles. The van der Waals surface area contributed by atoms with Crippen LogP contribution in [0.4, 0.5) is 0 Å². The molecule has 140 valence electrons. The predicted octanol–water partition coefficient (Wildman–Crippen LogP) is 5.62. The maximum absolute atomic E-state index is 2.53. The Morgan fingerprint density at radius 2 is 1.59 bits per heavy atom. The van der Waals surface area contributed by atoms with Gasteiger partial charge in [-0.15, -0.1) is 0 Å². The van der Waals surface area contributed by atoms with E-state index in [2.05, 4.69) is 90.2 Å². The fraction of sp³-hybridized carbons (Fsp3) is 0.192. The quantitative estimate of drug-likeness (QED) is 0.305. The number of aromatic nitrogens is 3. The largest absolute Gasteiger partial charge is 0.338 e. The van der Waals surface area contributed by atoms with Gasteiger partial charge < -0.3 is 4.57 Å². The highest BCUT2D eigenvalue weighted by Gasteiger charge is 2.29. The Kier molecular flexibility index (Phi) is 2.58. The van der Waals surface area contributed by atoms with Crippen LogP contribution in [0.1, 0.15) is 16.7 Å². The molecule has 0 bridgehead atoms. The summed E-state index contributed by atoms with van der Waals surface area (Å²) in [6.45, 7) is 7.51. The lowest BCUT2D eigenvalue weighted by Gasteiger charge is -2.08. The first-order valence-corrected chi connectivity index (χ1v) is 10.3. The molecule has 0 fully saturated rings. The van der Waals surface area contributed by atoms with Crippen molar-refractivity contribution in [3.63, 3.8) is 0 Å². The minimum atomic E-state index is 0.839. The van der Waals surface area contributed by atoms with Crippen LogP contribution in [-0.4, -0.2) is 9.13 Å². The van der Waals surface area contributed by atoms with Crippen LogP contribution in [0.15, 0.2) is 48.7 Å². The number of aryl methyl sites for hydroxylation is 4. The number of rotatable bonds is 0. The molecular formula is C26H22N3+. The molecule has 0 N–H and O–H groups in total. The summed E-state index contributed by atoms with van der Waals surface area (Å²) >= 11 is 0. The number of fused-ring (bicyclic) bond motifs is 3. The topological polar surface area (TPSA) is 13.7 Å². The molecule has 3 aromatic heterocycles. The summed E-state index contributed by atoms with van der Waals surface area (Å²) in [5, 5.41) is 6.92. The molecule has 0 radical (unpaired) electrons. The van der Waals surface area contributed by atoms with Crippen molar-refractivity contribution in [2.75, 3.05) is 0 Å². The number of hydrogen-bond acceptors (Lipinski definition) is 0. The second kappa shape index (κ2) is 4.80. The molecule has 0 amide bonds. The minimum absolute atomic E-state index is 0.839. The highest BCUT2D eigenvalue weighted by atomic mass is 15.2. The van der Waals surface area contributed by atoms with Gasteiger partial charge in [0.05, 0.1) is 21.9 Å². The molecule has 4 heterocycles. The molecule has 0 aliphatic carbocycles. The molecule has 1 aliphatic rings. The van der Waals surface area contributed by atoms with Gasteiger partial charge in [0.1, 0.15) is 5.52 Å². The molecule has 7 rings (SSSR count). The van der Waals surface area contributed by atoms with Crippen LogP contribution in [0.5, 0.6) is 0 Å². The van der Waals surface area contributed by atoms with E-state index >= 15 is 0 Å². The predicted molar refractivity (Wildman–Crippen MR) is 121 cm³/mol. The molecule has 3 aromatic carbocycles. The summed E-state index contributed by atoms with van der Waals surface area (Å²) in [5.41, 5.74) is 10.7. The van der Waals surface area contributed by atoms with E-state index in [4.69, 9.17) is 0 Å². The molecule has 29 heavy (non-hydrogen) atoms. The van der Waals surface area contributed by atoms with Crippen LogP contribution < -0.4 is 4.57 Å². The van der Waals surface area contributed by atoms with Gasteiger partial charge in [0.15, 0.2) is 6.20 Å². The SMILES string of the molecule is Cc1ccc2c(c1)c1cc(C)c3ccc4c5c3c1n2C[n+]1ccc(C)c(c51)n4C. The maximum atomic E-state index is 2.53. The average Bonchev–Trinajstić information content (AvgIpc) is 3.11. The van der Waals surface area contributed by atoms with Crippen molar-refractivity contribution >= 4 is 54.5 Å². The van der Waals surface area contributed by atoms with Crippen LogP contribution in [0, 0.1) is 20.8 Å². The van der Waals surface area contributed by atoms with Gasteiger partial charge in [-0.1, -0.05) is 17.7 Å². The van der Waals surface area contributed by atoms with E-state index in [0.717, 1.165) is 6.67 Å². The van der Waals surface area contributed by atoms with Crippen molar-refractivity contribution in [3.05, 3.63) is 65.4 Å². The smallest absolute Gasteiger partial charge is 0.241 e. The zero-order valence-electron chi connectivity index (χ0n) is 17.2. The molecule has 3 nitrogen and oxygen atoms in total. The van der Waals surface area contributed by atoms with Gasteiger partial charge in [-0.3, -0.25) is 4.57 Å². The summed E-state index contributed by atoms with van der Waals surface area (Å²) < 4.78 is 7.35. The molecule has 3 heteroatoms. The first kappa shape index (κ1) is 15.6. The van der Waals surface area contributed by atoms with Crippen LogP contribution in [0.25, 0.3) is 54.5 Å². The normalized spacial score (nSPS) is 13.4. The second-order valence-corrected chi connectivity index (χ2v) is 8.79. The van der Waals surface area contributed by atoms with Crippen molar-refractivity contribution in [2.24, 2.45) is 7.05 Å². The third-order valence-corrected chi connectivity index (χ3v) is 7.08. The van der Waals surface area contributed by atoms with Gasteiger partial charge in [0.25, 0.3) is 0 Å². The zero-order valence-corrected chi connectivity index (χ0v) is 17.2. The molecule has 6 aromatic rings. The lowest BCUT2D eigenvalue weighted by Crippen LogP contribution is -2.37. The summed E-state index contributed by atoms with van der Waals surface area (Å²) in [5.74, 6) is 0. The first-order chi connectivity index (χ1) is 14.0. The maximum Gasteiger partial charge on any atom is 0.241 e.